The molecule has 1 aliphatic rings. The second-order valence-electron chi connectivity index (χ2n) is 5.72. The number of anilines is 1. The van der Waals surface area contributed by atoms with E-state index in [1.54, 1.807) is 17.0 Å². The third-order valence-electron chi connectivity index (χ3n) is 4.15. The van der Waals surface area contributed by atoms with E-state index < -0.39 is 0 Å². The van der Waals surface area contributed by atoms with Gasteiger partial charge in [0, 0.05) is 41.9 Å². The highest BCUT2D eigenvalue weighted by Crippen LogP contribution is 2.24. The van der Waals surface area contributed by atoms with Crippen LogP contribution in [0.25, 0.3) is 0 Å². The van der Waals surface area contributed by atoms with Crippen molar-refractivity contribution in [3.8, 4) is 0 Å². The molecule has 0 atom stereocenters. The Balaban J connectivity index is 1.66. The van der Waals surface area contributed by atoms with Gasteiger partial charge in [-0.25, -0.2) is 4.39 Å². The first kappa shape index (κ1) is 16.0. The van der Waals surface area contributed by atoms with Crippen LogP contribution in [0.5, 0.6) is 0 Å². The minimum atomic E-state index is -0.375. The van der Waals surface area contributed by atoms with E-state index in [9.17, 15) is 9.18 Å². The largest absolute Gasteiger partial charge is 0.368 e. The zero-order valence-electron chi connectivity index (χ0n) is 12.9. The van der Waals surface area contributed by atoms with Gasteiger partial charge in [0.05, 0.1) is 0 Å². The molecule has 0 radical (unpaired) electrons. The molecule has 0 spiro atoms. The summed E-state index contributed by atoms with van der Waals surface area (Å²) in [6.07, 6.45) is 0. The Labute approximate surface area is 143 Å². The fourth-order valence-corrected chi connectivity index (χ4v) is 3.04. The zero-order valence-corrected chi connectivity index (χ0v) is 14.5. The van der Waals surface area contributed by atoms with Gasteiger partial charge in [0.25, 0.3) is 5.91 Å². The lowest BCUT2D eigenvalue weighted by atomic mass is 10.1. The molecule has 5 heteroatoms. The molecule has 1 fully saturated rings. The molecule has 2 aromatic rings. The molecule has 1 amide bonds. The van der Waals surface area contributed by atoms with Crippen molar-refractivity contribution in [3.63, 3.8) is 0 Å². The van der Waals surface area contributed by atoms with Gasteiger partial charge in [0.2, 0.25) is 0 Å². The minimum Gasteiger partial charge on any atom is -0.368 e. The molecule has 23 heavy (non-hydrogen) atoms. The Morgan fingerprint density at radius 3 is 2.48 bits per heavy atom. The van der Waals surface area contributed by atoms with Crippen molar-refractivity contribution in [2.45, 2.75) is 6.92 Å². The molecular formula is C18H18BrFN2O. The highest BCUT2D eigenvalue weighted by atomic mass is 79.9. The number of aryl methyl sites for hydroxylation is 1. The molecule has 1 saturated heterocycles. The number of rotatable bonds is 2. The smallest absolute Gasteiger partial charge is 0.254 e. The molecule has 0 saturated carbocycles. The second kappa shape index (κ2) is 6.71. The zero-order chi connectivity index (χ0) is 16.4. The average molecular weight is 377 g/mol. The Bertz CT molecular complexity index is 727. The molecular weight excluding hydrogens is 359 g/mol. The van der Waals surface area contributed by atoms with E-state index in [0.717, 1.165) is 17.6 Å². The van der Waals surface area contributed by atoms with Crippen molar-refractivity contribution in [3.05, 3.63) is 63.9 Å². The standard InChI is InChI=1S/C18H18BrFN2O/c1-13-11-16(5-6-17(13)19)21-7-9-22(10-8-21)18(23)14-3-2-4-15(20)12-14/h2-6,11-12H,7-10H2,1H3. The van der Waals surface area contributed by atoms with E-state index in [1.807, 2.05) is 0 Å². The fourth-order valence-electron chi connectivity index (χ4n) is 2.80. The summed E-state index contributed by atoms with van der Waals surface area (Å²) < 4.78 is 14.4. The maximum atomic E-state index is 13.3. The number of hydrogen-bond acceptors (Lipinski definition) is 2. The Morgan fingerprint density at radius 2 is 1.83 bits per heavy atom. The Hall–Kier alpha value is -1.88. The lowest BCUT2D eigenvalue weighted by molar-refractivity contribution is 0.0746. The average Bonchev–Trinajstić information content (AvgIpc) is 2.57. The van der Waals surface area contributed by atoms with Crippen molar-refractivity contribution in [2.75, 3.05) is 31.1 Å². The Kier molecular flexibility index (Phi) is 4.66. The van der Waals surface area contributed by atoms with Crippen LogP contribution >= 0.6 is 15.9 Å². The van der Waals surface area contributed by atoms with Gasteiger partial charge in [-0.15, -0.1) is 0 Å². The second-order valence-corrected chi connectivity index (χ2v) is 6.58. The lowest BCUT2D eigenvalue weighted by Gasteiger charge is -2.36. The van der Waals surface area contributed by atoms with Gasteiger partial charge in [-0.05, 0) is 48.9 Å². The number of piperazine rings is 1. The normalized spacial score (nSPS) is 14.9. The maximum absolute atomic E-state index is 13.3. The van der Waals surface area contributed by atoms with Crippen LogP contribution in [0.3, 0.4) is 0 Å². The summed E-state index contributed by atoms with van der Waals surface area (Å²) in [6.45, 7) is 4.91. The van der Waals surface area contributed by atoms with E-state index in [-0.39, 0.29) is 11.7 Å². The molecule has 0 aromatic heterocycles. The van der Waals surface area contributed by atoms with Crippen molar-refractivity contribution in [1.82, 2.24) is 4.90 Å². The number of carbonyl (C=O) groups is 1. The highest BCUT2D eigenvalue weighted by Gasteiger charge is 2.22. The third kappa shape index (κ3) is 3.55. The van der Waals surface area contributed by atoms with Crippen molar-refractivity contribution in [2.24, 2.45) is 0 Å². The molecule has 1 heterocycles. The van der Waals surface area contributed by atoms with Crippen LogP contribution in [0.4, 0.5) is 10.1 Å². The van der Waals surface area contributed by atoms with E-state index in [1.165, 1.54) is 23.4 Å². The molecule has 0 aliphatic carbocycles. The van der Waals surface area contributed by atoms with Crippen LogP contribution in [0, 0.1) is 12.7 Å². The molecule has 120 valence electrons. The van der Waals surface area contributed by atoms with Gasteiger partial charge < -0.3 is 9.80 Å². The van der Waals surface area contributed by atoms with Gasteiger partial charge in [-0.1, -0.05) is 22.0 Å². The fraction of sp³-hybridized carbons (Fsp3) is 0.278. The molecule has 1 aliphatic heterocycles. The summed E-state index contributed by atoms with van der Waals surface area (Å²) in [5.74, 6) is -0.476. The maximum Gasteiger partial charge on any atom is 0.254 e. The van der Waals surface area contributed by atoms with Gasteiger partial charge in [0.1, 0.15) is 5.82 Å². The molecule has 3 nitrogen and oxygen atoms in total. The number of carbonyl (C=O) groups excluding carboxylic acids is 1. The third-order valence-corrected chi connectivity index (χ3v) is 5.03. The van der Waals surface area contributed by atoms with E-state index in [0.29, 0.717) is 18.7 Å². The summed E-state index contributed by atoms with van der Waals surface area (Å²) in [5, 5.41) is 0. The summed E-state index contributed by atoms with van der Waals surface area (Å²) in [6, 6.07) is 12.2. The van der Waals surface area contributed by atoms with E-state index in [4.69, 9.17) is 0 Å². The van der Waals surface area contributed by atoms with Crippen LogP contribution < -0.4 is 4.90 Å². The first-order valence-corrected chi connectivity index (χ1v) is 8.40. The lowest BCUT2D eigenvalue weighted by Crippen LogP contribution is -2.48. The SMILES string of the molecule is Cc1cc(N2CCN(C(=O)c3cccc(F)c3)CC2)ccc1Br. The van der Waals surface area contributed by atoms with Crippen molar-refractivity contribution >= 4 is 27.5 Å². The summed E-state index contributed by atoms with van der Waals surface area (Å²) >= 11 is 3.51. The van der Waals surface area contributed by atoms with Gasteiger partial charge >= 0.3 is 0 Å². The van der Waals surface area contributed by atoms with Crippen LogP contribution in [0.2, 0.25) is 0 Å². The first-order chi connectivity index (χ1) is 11.0. The van der Waals surface area contributed by atoms with Gasteiger partial charge in [-0.3, -0.25) is 4.79 Å². The number of halogens is 2. The first-order valence-electron chi connectivity index (χ1n) is 7.60. The van der Waals surface area contributed by atoms with E-state index >= 15 is 0 Å². The molecule has 0 bridgehead atoms. The minimum absolute atomic E-state index is 0.101. The number of benzene rings is 2. The van der Waals surface area contributed by atoms with Crippen molar-refractivity contribution < 1.29 is 9.18 Å². The van der Waals surface area contributed by atoms with Crippen LogP contribution in [0.15, 0.2) is 46.9 Å². The molecule has 0 unspecified atom stereocenters. The summed E-state index contributed by atoms with van der Waals surface area (Å²) in [5.41, 5.74) is 2.78. The number of nitrogens with zero attached hydrogens (tertiary/aromatic N) is 2. The van der Waals surface area contributed by atoms with Crippen LogP contribution in [-0.2, 0) is 0 Å². The topological polar surface area (TPSA) is 23.6 Å². The summed E-state index contributed by atoms with van der Waals surface area (Å²) in [4.78, 5) is 16.5. The van der Waals surface area contributed by atoms with Gasteiger partial charge in [0.15, 0.2) is 0 Å². The van der Waals surface area contributed by atoms with Gasteiger partial charge in [-0.2, -0.15) is 0 Å². The molecule has 3 rings (SSSR count). The van der Waals surface area contributed by atoms with E-state index in [2.05, 4.69) is 46.0 Å². The Morgan fingerprint density at radius 1 is 1.09 bits per heavy atom. The van der Waals surface area contributed by atoms with Crippen LogP contribution in [0.1, 0.15) is 15.9 Å². The number of amides is 1. The predicted molar refractivity (Wildman–Crippen MR) is 93.4 cm³/mol. The monoisotopic (exact) mass is 376 g/mol. The van der Waals surface area contributed by atoms with Crippen molar-refractivity contribution in [1.29, 1.82) is 0 Å². The quantitative estimate of drug-likeness (QED) is 0.794. The van der Waals surface area contributed by atoms with Crippen LogP contribution in [-0.4, -0.2) is 37.0 Å². The molecule has 2 aromatic carbocycles. The molecule has 0 N–H and O–H groups in total. The highest BCUT2D eigenvalue weighted by molar-refractivity contribution is 9.10. The predicted octanol–water partition coefficient (Wildman–Crippen LogP) is 3.86. The number of hydrogen-bond donors (Lipinski definition) is 0. The summed E-state index contributed by atoms with van der Waals surface area (Å²) in [7, 11) is 0.